The third-order valence-corrected chi connectivity index (χ3v) is 3.76. The predicted octanol–water partition coefficient (Wildman–Crippen LogP) is 1.90. The number of carbonyl (C=O) groups excluding carboxylic acids is 2. The maximum Gasteiger partial charge on any atom is 0.272 e. The van der Waals surface area contributed by atoms with Gasteiger partial charge in [0.2, 0.25) is 6.04 Å². The smallest absolute Gasteiger partial charge is 0.272 e. The lowest BCUT2D eigenvalue weighted by Gasteiger charge is -2.09. The molecule has 1 heterocycles. The van der Waals surface area contributed by atoms with Crippen LogP contribution >= 0.6 is 0 Å². The number of benzene rings is 2. The van der Waals surface area contributed by atoms with Crippen molar-refractivity contribution in [3.05, 3.63) is 69.2 Å². The van der Waals surface area contributed by atoms with E-state index in [2.05, 4.69) is 25.7 Å². The number of anilines is 1. The maximum absolute atomic E-state index is 12.4. The second-order valence-corrected chi connectivity index (χ2v) is 5.69. The number of fused-ring (bicyclic) bond motifs is 1. The van der Waals surface area contributed by atoms with Crippen LogP contribution in [0.3, 0.4) is 0 Å². The lowest BCUT2D eigenvalue weighted by Crippen LogP contribution is -2.31. The van der Waals surface area contributed by atoms with Crippen molar-refractivity contribution in [3.63, 3.8) is 0 Å². The lowest BCUT2D eigenvalue weighted by molar-refractivity contribution is -0.126. The van der Waals surface area contributed by atoms with E-state index in [1.807, 2.05) is 0 Å². The highest BCUT2D eigenvalue weighted by Gasteiger charge is 2.23. The third-order valence-electron chi connectivity index (χ3n) is 3.76. The van der Waals surface area contributed by atoms with Gasteiger partial charge in [0.15, 0.2) is 5.78 Å². The van der Waals surface area contributed by atoms with Gasteiger partial charge in [-0.2, -0.15) is 10.2 Å². The quantitative estimate of drug-likeness (QED) is 0.470. The van der Waals surface area contributed by atoms with Gasteiger partial charge in [0.1, 0.15) is 0 Å². The van der Waals surface area contributed by atoms with E-state index in [0.717, 1.165) is 0 Å². The van der Waals surface area contributed by atoms with Crippen LogP contribution in [0.5, 0.6) is 0 Å². The number of amides is 1. The van der Waals surface area contributed by atoms with Crippen molar-refractivity contribution in [2.75, 3.05) is 5.32 Å². The van der Waals surface area contributed by atoms with Crippen LogP contribution in [-0.4, -0.2) is 27.9 Å². The van der Waals surface area contributed by atoms with Gasteiger partial charge < -0.3 is 5.32 Å². The number of para-hydroxylation sites is 1. The molecule has 0 bridgehead atoms. The molecular formula is C18H15N5O4. The third kappa shape index (κ3) is 3.87. The Labute approximate surface area is 152 Å². The number of hydrogen-bond acceptors (Lipinski definition) is 6. The molecule has 0 aliphatic heterocycles. The number of nitrogens with zero attached hydrogens (tertiary/aromatic N) is 2. The largest absolute Gasteiger partial charge is 0.324 e. The molecule has 1 aromatic heterocycles. The Morgan fingerprint density at radius 3 is 2.37 bits per heavy atom. The molecule has 0 spiro atoms. The van der Waals surface area contributed by atoms with Crippen molar-refractivity contribution in [1.82, 2.24) is 10.2 Å². The van der Waals surface area contributed by atoms with Crippen molar-refractivity contribution >= 4 is 33.8 Å². The Morgan fingerprint density at radius 2 is 1.67 bits per heavy atom. The van der Waals surface area contributed by atoms with Crippen LogP contribution in [0.25, 0.3) is 10.8 Å². The summed E-state index contributed by atoms with van der Waals surface area (Å²) in [5.74, 6) is -1.16. The first-order valence-electron chi connectivity index (χ1n) is 7.98. The fourth-order valence-corrected chi connectivity index (χ4v) is 2.47. The van der Waals surface area contributed by atoms with Crippen molar-refractivity contribution in [1.29, 1.82) is 0 Å². The molecule has 9 heteroatoms. The first-order valence-corrected chi connectivity index (χ1v) is 7.98. The number of hydrogen-bond donors (Lipinski definition) is 3. The zero-order valence-corrected chi connectivity index (χ0v) is 14.2. The van der Waals surface area contributed by atoms with Crippen molar-refractivity contribution in [2.24, 2.45) is 10.2 Å². The Morgan fingerprint density at radius 1 is 0.963 bits per heavy atom. The van der Waals surface area contributed by atoms with E-state index in [4.69, 9.17) is 0 Å². The minimum absolute atomic E-state index is 0.0239. The molecule has 136 valence electrons. The summed E-state index contributed by atoms with van der Waals surface area (Å²) in [5, 5.41) is 14.9. The number of aromatic amines is 2. The molecule has 3 N–H and O–H groups in total. The first kappa shape index (κ1) is 17.9. The van der Waals surface area contributed by atoms with Crippen LogP contribution in [0.2, 0.25) is 0 Å². The molecule has 9 nitrogen and oxygen atoms in total. The van der Waals surface area contributed by atoms with Crippen LogP contribution < -0.4 is 16.4 Å². The summed E-state index contributed by atoms with van der Waals surface area (Å²) in [6.07, 6.45) is 0. The van der Waals surface area contributed by atoms with E-state index in [9.17, 15) is 19.2 Å². The van der Waals surface area contributed by atoms with E-state index in [0.29, 0.717) is 5.69 Å². The number of azo groups is 1. The zero-order valence-electron chi connectivity index (χ0n) is 14.2. The predicted molar refractivity (Wildman–Crippen MR) is 99.2 cm³/mol. The number of carbonyl (C=O) groups is 2. The van der Waals surface area contributed by atoms with Gasteiger partial charge in [0.25, 0.3) is 17.0 Å². The van der Waals surface area contributed by atoms with Crippen molar-refractivity contribution < 1.29 is 9.59 Å². The summed E-state index contributed by atoms with van der Waals surface area (Å²) in [6.45, 7) is 1.22. The number of nitrogens with one attached hydrogen (secondary N) is 3. The molecule has 1 amide bonds. The molecule has 3 aromatic rings. The number of ketones is 1. The average molecular weight is 365 g/mol. The number of Topliss-reactive ketones (excluding diaryl/α,β-unsaturated/α-hetero) is 1. The molecule has 0 saturated carbocycles. The summed E-state index contributed by atoms with van der Waals surface area (Å²) in [5.41, 5.74) is -0.463. The topological polar surface area (TPSA) is 137 Å². The van der Waals surface area contributed by atoms with E-state index < -0.39 is 28.9 Å². The van der Waals surface area contributed by atoms with Gasteiger partial charge in [-0.25, -0.2) is 0 Å². The van der Waals surface area contributed by atoms with E-state index in [1.165, 1.54) is 25.1 Å². The first-order chi connectivity index (χ1) is 13.0. The minimum Gasteiger partial charge on any atom is -0.324 e. The number of H-pyrrole nitrogens is 2. The summed E-state index contributed by atoms with van der Waals surface area (Å²) in [4.78, 5) is 48.1. The molecule has 0 fully saturated rings. The highest BCUT2D eigenvalue weighted by Crippen LogP contribution is 2.21. The van der Waals surface area contributed by atoms with Gasteiger partial charge >= 0.3 is 0 Å². The lowest BCUT2D eigenvalue weighted by atomic mass is 10.1. The Kier molecular flexibility index (Phi) is 5.02. The highest BCUT2D eigenvalue weighted by molar-refractivity contribution is 6.10. The number of rotatable bonds is 5. The second-order valence-electron chi connectivity index (χ2n) is 5.69. The highest BCUT2D eigenvalue weighted by atomic mass is 16.2. The number of aromatic nitrogens is 2. The van der Waals surface area contributed by atoms with Gasteiger partial charge in [-0.1, -0.05) is 24.3 Å². The fourth-order valence-electron chi connectivity index (χ4n) is 2.47. The normalized spacial score (nSPS) is 12.2. The molecule has 0 saturated heterocycles. The SMILES string of the molecule is CC(=O)C(N=Nc1cccc2c(=O)[nH][nH]c(=O)c12)C(=O)Nc1ccccc1. The summed E-state index contributed by atoms with van der Waals surface area (Å²) >= 11 is 0. The van der Waals surface area contributed by atoms with Crippen molar-refractivity contribution in [2.45, 2.75) is 13.0 Å². The molecule has 0 aliphatic rings. The van der Waals surface area contributed by atoms with Gasteiger partial charge in [-0.15, -0.1) is 0 Å². The van der Waals surface area contributed by atoms with Gasteiger partial charge in [0, 0.05) is 5.69 Å². The average Bonchev–Trinajstić information content (AvgIpc) is 2.65. The fraction of sp³-hybridized carbons (Fsp3) is 0.111. The van der Waals surface area contributed by atoms with Crippen molar-refractivity contribution in [3.8, 4) is 0 Å². The molecule has 3 rings (SSSR count). The summed E-state index contributed by atoms with van der Waals surface area (Å²) in [7, 11) is 0. The van der Waals surface area contributed by atoms with Gasteiger partial charge in [-0.05, 0) is 31.2 Å². The minimum atomic E-state index is -1.39. The van der Waals surface area contributed by atoms with Crippen LogP contribution in [0.15, 0.2) is 68.3 Å². The van der Waals surface area contributed by atoms with Gasteiger partial charge in [0.05, 0.1) is 16.5 Å². The van der Waals surface area contributed by atoms with Crippen LogP contribution in [0.1, 0.15) is 6.92 Å². The second kappa shape index (κ2) is 7.56. The van der Waals surface area contributed by atoms with E-state index in [1.54, 1.807) is 30.3 Å². The summed E-state index contributed by atoms with van der Waals surface area (Å²) < 4.78 is 0. The standard InChI is InChI=1S/C18H15N5O4/c1-10(24)15(18(27)19-11-6-3-2-4-7-11)21-20-13-9-5-8-12-14(13)17(26)23-22-16(12)25/h2-9,15H,1H3,(H,19,27)(H,22,25)(H,23,26). The molecule has 2 aromatic carbocycles. The Hall–Kier alpha value is -3.88. The van der Waals surface area contributed by atoms with Gasteiger partial charge in [-0.3, -0.25) is 29.4 Å². The van der Waals surface area contributed by atoms with E-state index in [-0.39, 0.29) is 16.5 Å². The van der Waals surface area contributed by atoms with Crippen LogP contribution in [-0.2, 0) is 9.59 Å². The molecule has 0 radical (unpaired) electrons. The van der Waals surface area contributed by atoms with E-state index >= 15 is 0 Å². The zero-order chi connectivity index (χ0) is 19.4. The van der Waals surface area contributed by atoms with Crippen LogP contribution in [0.4, 0.5) is 11.4 Å². The molecule has 27 heavy (non-hydrogen) atoms. The molecule has 1 unspecified atom stereocenters. The monoisotopic (exact) mass is 365 g/mol. The van der Waals surface area contributed by atoms with Crippen LogP contribution in [0, 0.1) is 0 Å². The molecular weight excluding hydrogens is 350 g/mol. The summed E-state index contributed by atoms with van der Waals surface area (Å²) in [6, 6.07) is 11.7. The molecule has 1 atom stereocenters. The Bertz CT molecular complexity index is 1150. The molecule has 0 aliphatic carbocycles. The Balaban J connectivity index is 1.95. The maximum atomic E-state index is 12.4.